The Kier molecular flexibility index (Phi) is 9.28. The highest BCUT2D eigenvalue weighted by atomic mass is 19.1. The third-order valence-corrected chi connectivity index (χ3v) is 4.44. The van der Waals surface area contributed by atoms with Gasteiger partial charge in [-0.25, -0.2) is 9.82 Å². The van der Waals surface area contributed by atoms with E-state index in [1.54, 1.807) is 54.6 Å². The van der Waals surface area contributed by atoms with Crippen LogP contribution in [0.1, 0.15) is 5.56 Å². The smallest absolute Gasteiger partial charge is 0.329 e. The van der Waals surface area contributed by atoms with E-state index in [2.05, 4.69) is 27.7 Å². The van der Waals surface area contributed by atoms with E-state index in [1.165, 1.54) is 30.5 Å². The van der Waals surface area contributed by atoms with Gasteiger partial charge in [0.1, 0.15) is 23.9 Å². The standard InChI is InChI=1S/C26H23FN4O5/c1-2-15-35-22-13-9-21(10-14-22)30-25(33)26(34)31-28-16-18-3-11-23(12-4-18)36-17-24(32)29-20-7-5-19(27)6-8-20/h2-14,16H,1,15,17H2,(H,29,32)(H,30,33)(H,31,34)/b28-16-. The molecular weight excluding hydrogens is 467 g/mol. The zero-order valence-corrected chi connectivity index (χ0v) is 19.1. The van der Waals surface area contributed by atoms with Crippen LogP contribution in [0.15, 0.2) is 90.6 Å². The van der Waals surface area contributed by atoms with Gasteiger partial charge >= 0.3 is 11.8 Å². The van der Waals surface area contributed by atoms with Crippen LogP contribution in [-0.2, 0) is 14.4 Å². The highest BCUT2D eigenvalue weighted by molar-refractivity contribution is 6.39. The molecule has 184 valence electrons. The van der Waals surface area contributed by atoms with Crippen LogP contribution in [0.3, 0.4) is 0 Å². The Hall–Kier alpha value is -4.99. The number of nitrogens with one attached hydrogen (secondary N) is 3. The maximum absolute atomic E-state index is 12.9. The number of amides is 3. The summed E-state index contributed by atoms with van der Waals surface area (Å²) in [7, 11) is 0. The van der Waals surface area contributed by atoms with E-state index in [0.717, 1.165) is 0 Å². The molecule has 10 heteroatoms. The van der Waals surface area contributed by atoms with Gasteiger partial charge in [0, 0.05) is 11.4 Å². The molecule has 9 nitrogen and oxygen atoms in total. The molecule has 0 fully saturated rings. The number of carbonyl (C=O) groups excluding carboxylic acids is 3. The zero-order valence-electron chi connectivity index (χ0n) is 19.1. The van der Waals surface area contributed by atoms with Gasteiger partial charge in [-0.1, -0.05) is 12.7 Å². The normalized spacial score (nSPS) is 10.4. The molecule has 0 spiro atoms. The van der Waals surface area contributed by atoms with Crippen molar-refractivity contribution in [1.29, 1.82) is 0 Å². The number of ether oxygens (including phenoxy) is 2. The third-order valence-electron chi connectivity index (χ3n) is 4.44. The lowest BCUT2D eigenvalue weighted by Gasteiger charge is -2.08. The van der Waals surface area contributed by atoms with Crippen LogP contribution in [-0.4, -0.2) is 37.1 Å². The molecule has 0 unspecified atom stereocenters. The predicted molar refractivity (Wildman–Crippen MR) is 133 cm³/mol. The van der Waals surface area contributed by atoms with E-state index < -0.39 is 23.5 Å². The van der Waals surface area contributed by atoms with E-state index in [0.29, 0.717) is 35.0 Å². The van der Waals surface area contributed by atoms with Crippen molar-refractivity contribution in [3.8, 4) is 11.5 Å². The number of anilines is 2. The molecule has 0 aliphatic rings. The maximum Gasteiger partial charge on any atom is 0.329 e. The Morgan fingerprint density at radius 3 is 2.06 bits per heavy atom. The first-order valence-corrected chi connectivity index (χ1v) is 10.7. The Morgan fingerprint density at radius 2 is 1.39 bits per heavy atom. The molecule has 0 bridgehead atoms. The number of carbonyl (C=O) groups is 3. The van der Waals surface area contributed by atoms with E-state index in [4.69, 9.17) is 9.47 Å². The highest BCUT2D eigenvalue weighted by Gasteiger charge is 2.13. The van der Waals surface area contributed by atoms with Crippen LogP contribution >= 0.6 is 0 Å². The molecule has 0 aliphatic heterocycles. The number of hydrogen-bond donors (Lipinski definition) is 3. The monoisotopic (exact) mass is 490 g/mol. The molecule has 36 heavy (non-hydrogen) atoms. The lowest BCUT2D eigenvalue weighted by atomic mass is 10.2. The fraction of sp³-hybridized carbons (Fsp3) is 0.0769. The predicted octanol–water partition coefficient (Wildman–Crippen LogP) is 3.50. The van der Waals surface area contributed by atoms with Crippen molar-refractivity contribution >= 4 is 35.3 Å². The largest absolute Gasteiger partial charge is 0.490 e. The van der Waals surface area contributed by atoms with Gasteiger partial charge in [0.15, 0.2) is 6.61 Å². The van der Waals surface area contributed by atoms with Gasteiger partial charge < -0.3 is 20.1 Å². The Labute approximate surface area is 206 Å². The van der Waals surface area contributed by atoms with Gasteiger partial charge in [0.2, 0.25) is 0 Å². The van der Waals surface area contributed by atoms with E-state index in [1.807, 2.05) is 0 Å². The first-order valence-electron chi connectivity index (χ1n) is 10.7. The summed E-state index contributed by atoms with van der Waals surface area (Å²) >= 11 is 0. The summed E-state index contributed by atoms with van der Waals surface area (Å²) in [6.45, 7) is 3.68. The molecule has 0 aliphatic carbocycles. The molecule has 3 aromatic rings. The van der Waals surface area contributed by atoms with Crippen LogP contribution in [0.2, 0.25) is 0 Å². The van der Waals surface area contributed by atoms with Crippen molar-refractivity contribution in [3.63, 3.8) is 0 Å². The minimum Gasteiger partial charge on any atom is -0.490 e. The van der Waals surface area contributed by atoms with Gasteiger partial charge in [0.25, 0.3) is 5.91 Å². The second-order valence-corrected chi connectivity index (χ2v) is 7.19. The number of hydrogen-bond acceptors (Lipinski definition) is 6. The van der Waals surface area contributed by atoms with E-state index in [9.17, 15) is 18.8 Å². The molecule has 0 radical (unpaired) electrons. The second-order valence-electron chi connectivity index (χ2n) is 7.19. The van der Waals surface area contributed by atoms with E-state index in [-0.39, 0.29) is 6.61 Å². The molecular formula is C26H23FN4O5. The summed E-state index contributed by atoms with van der Waals surface area (Å²) in [5.41, 5.74) is 3.65. The zero-order chi connectivity index (χ0) is 25.8. The van der Waals surface area contributed by atoms with Crippen molar-refractivity contribution in [2.24, 2.45) is 5.10 Å². The van der Waals surface area contributed by atoms with Crippen LogP contribution in [0, 0.1) is 5.82 Å². The highest BCUT2D eigenvalue weighted by Crippen LogP contribution is 2.16. The van der Waals surface area contributed by atoms with Crippen LogP contribution in [0.5, 0.6) is 11.5 Å². The van der Waals surface area contributed by atoms with Crippen molar-refractivity contribution in [2.45, 2.75) is 0 Å². The van der Waals surface area contributed by atoms with Crippen LogP contribution in [0.4, 0.5) is 15.8 Å². The lowest BCUT2D eigenvalue weighted by molar-refractivity contribution is -0.136. The molecule has 0 atom stereocenters. The molecule has 0 saturated carbocycles. The van der Waals surface area contributed by atoms with Gasteiger partial charge in [0.05, 0.1) is 6.21 Å². The number of hydrazone groups is 1. The maximum atomic E-state index is 12.9. The van der Waals surface area contributed by atoms with Gasteiger partial charge in [-0.3, -0.25) is 14.4 Å². The van der Waals surface area contributed by atoms with Crippen molar-refractivity contribution in [1.82, 2.24) is 5.43 Å². The summed E-state index contributed by atoms with van der Waals surface area (Å²) < 4.78 is 23.7. The molecule has 0 heterocycles. The number of benzene rings is 3. The summed E-state index contributed by atoms with van der Waals surface area (Å²) in [6, 6.07) is 18.4. The molecule has 3 amide bonds. The average Bonchev–Trinajstić information content (AvgIpc) is 2.89. The van der Waals surface area contributed by atoms with Gasteiger partial charge in [-0.15, -0.1) is 0 Å². The Balaban J connectivity index is 1.40. The van der Waals surface area contributed by atoms with Gasteiger partial charge in [-0.2, -0.15) is 5.10 Å². The molecule has 3 rings (SSSR count). The SMILES string of the molecule is C=CCOc1ccc(NC(=O)C(=O)N/N=C\c2ccc(OCC(=O)Nc3ccc(F)cc3)cc2)cc1. The first-order chi connectivity index (χ1) is 17.4. The number of halogens is 1. The topological polar surface area (TPSA) is 118 Å². The molecule has 0 saturated heterocycles. The van der Waals surface area contributed by atoms with Crippen molar-refractivity contribution in [3.05, 3.63) is 96.8 Å². The average molecular weight is 490 g/mol. The molecule has 3 aromatic carbocycles. The third kappa shape index (κ3) is 8.41. The summed E-state index contributed by atoms with van der Waals surface area (Å²) in [5.74, 6) is -1.57. The Bertz CT molecular complexity index is 1230. The summed E-state index contributed by atoms with van der Waals surface area (Å²) in [4.78, 5) is 35.9. The quantitative estimate of drug-likeness (QED) is 0.174. The second kappa shape index (κ2) is 13.0. The number of nitrogens with zero attached hydrogens (tertiary/aromatic N) is 1. The Morgan fingerprint density at radius 1 is 0.806 bits per heavy atom. The fourth-order valence-corrected chi connectivity index (χ4v) is 2.72. The van der Waals surface area contributed by atoms with Crippen molar-refractivity contribution in [2.75, 3.05) is 23.8 Å². The van der Waals surface area contributed by atoms with E-state index >= 15 is 0 Å². The minimum atomic E-state index is -0.939. The summed E-state index contributed by atoms with van der Waals surface area (Å²) in [6.07, 6.45) is 2.96. The fourth-order valence-electron chi connectivity index (χ4n) is 2.72. The summed E-state index contributed by atoms with van der Waals surface area (Å²) in [5, 5.41) is 8.81. The lowest BCUT2D eigenvalue weighted by Crippen LogP contribution is -2.32. The number of rotatable bonds is 10. The van der Waals surface area contributed by atoms with Crippen LogP contribution in [0.25, 0.3) is 0 Å². The van der Waals surface area contributed by atoms with Gasteiger partial charge in [-0.05, 0) is 78.4 Å². The van der Waals surface area contributed by atoms with Crippen LogP contribution < -0.4 is 25.5 Å². The minimum absolute atomic E-state index is 0.236. The molecule has 0 aromatic heterocycles. The van der Waals surface area contributed by atoms with Crippen molar-refractivity contribution < 1.29 is 28.2 Å². The molecule has 3 N–H and O–H groups in total. The first kappa shape index (κ1) is 25.6.